The van der Waals surface area contributed by atoms with E-state index in [9.17, 15) is 4.79 Å². The van der Waals surface area contributed by atoms with Crippen LogP contribution in [0.3, 0.4) is 0 Å². The van der Waals surface area contributed by atoms with Gasteiger partial charge in [0.2, 0.25) is 5.91 Å². The molecule has 2 nitrogen and oxygen atoms in total. The van der Waals surface area contributed by atoms with E-state index in [1.54, 1.807) is 4.90 Å². The Morgan fingerprint density at radius 1 is 1.20 bits per heavy atom. The van der Waals surface area contributed by atoms with Crippen LogP contribution in [-0.2, 0) is 4.79 Å². The summed E-state index contributed by atoms with van der Waals surface area (Å²) in [5.41, 5.74) is 0. The smallest absolute Gasteiger partial charge is 0.225 e. The zero-order valence-corrected chi connectivity index (χ0v) is 7.09. The first-order valence-corrected chi connectivity index (χ1v) is 3.77. The lowest BCUT2D eigenvalue weighted by Gasteiger charge is -2.08. The fourth-order valence-electron chi connectivity index (χ4n) is 1.41. The van der Waals surface area contributed by atoms with Gasteiger partial charge >= 0.3 is 0 Å². The van der Waals surface area contributed by atoms with Crippen molar-refractivity contribution in [2.75, 3.05) is 14.1 Å². The molecule has 1 aliphatic rings. The van der Waals surface area contributed by atoms with Gasteiger partial charge in [-0.15, -0.1) is 0 Å². The first-order chi connectivity index (χ1) is 4.55. The van der Waals surface area contributed by atoms with Crippen molar-refractivity contribution in [1.29, 1.82) is 0 Å². The summed E-state index contributed by atoms with van der Waals surface area (Å²) in [5, 5.41) is 0. The van der Waals surface area contributed by atoms with E-state index in [2.05, 4.69) is 13.8 Å². The minimum atomic E-state index is 0.292. The number of amides is 1. The summed E-state index contributed by atoms with van der Waals surface area (Å²) in [7, 11) is 3.64. The fraction of sp³-hybridized carbons (Fsp3) is 0.875. The second-order valence-corrected chi connectivity index (χ2v) is 3.48. The number of carbonyl (C=O) groups is 1. The van der Waals surface area contributed by atoms with Gasteiger partial charge in [-0.2, -0.15) is 0 Å². The number of hydrogen-bond acceptors (Lipinski definition) is 1. The number of hydrogen-bond donors (Lipinski definition) is 0. The highest BCUT2D eigenvalue weighted by atomic mass is 16.2. The van der Waals surface area contributed by atoms with Gasteiger partial charge in [-0.1, -0.05) is 13.8 Å². The molecule has 2 unspecified atom stereocenters. The highest BCUT2D eigenvalue weighted by Crippen LogP contribution is 2.46. The Morgan fingerprint density at radius 2 is 1.60 bits per heavy atom. The lowest BCUT2D eigenvalue weighted by Crippen LogP contribution is -2.24. The van der Waals surface area contributed by atoms with Crippen molar-refractivity contribution in [2.45, 2.75) is 13.8 Å². The van der Waals surface area contributed by atoms with E-state index in [1.807, 2.05) is 14.1 Å². The maximum absolute atomic E-state index is 11.3. The Balaban J connectivity index is 2.46. The monoisotopic (exact) mass is 141 g/mol. The molecule has 0 N–H and O–H groups in total. The minimum absolute atomic E-state index is 0.292. The van der Waals surface area contributed by atoms with Crippen LogP contribution < -0.4 is 0 Å². The second-order valence-electron chi connectivity index (χ2n) is 3.48. The lowest BCUT2D eigenvalue weighted by molar-refractivity contribution is -0.130. The Kier molecular flexibility index (Phi) is 1.71. The van der Waals surface area contributed by atoms with E-state index in [1.165, 1.54) is 0 Å². The Morgan fingerprint density at radius 3 is 1.70 bits per heavy atom. The molecule has 0 saturated heterocycles. The van der Waals surface area contributed by atoms with Crippen molar-refractivity contribution >= 4 is 5.91 Å². The molecule has 0 aromatic heterocycles. The molecule has 2 heteroatoms. The van der Waals surface area contributed by atoms with Gasteiger partial charge in [0.05, 0.1) is 0 Å². The van der Waals surface area contributed by atoms with E-state index in [-0.39, 0.29) is 0 Å². The quantitative estimate of drug-likeness (QED) is 0.533. The van der Waals surface area contributed by atoms with Gasteiger partial charge in [-0.05, 0) is 11.8 Å². The molecule has 0 aliphatic heterocycles. The topological polar surface area (TPSA) is 20.3 Å². The summed E-state index contributed by atoms with van der Waals surface area (Å²) >= 11 is 0. The molecule has 0 spiro atoms. The van der Waals surface area contributed by atoms with E-state index in [0.717, 1.165) is 0 Å². The Labute approximate surface area is 62.2 Å². The molecule has 0 bridgehead atoms. The molecule has 1 rings (SSSR count). The van der Waals surface area contributed by atoms with Crippen LogP contribution in [0.25, 0.3) is 0 Å². The summed E-state index contributed by atoms with van der Waals surface area (Å²) in [5.74, 6) is 1.82. The largest absolute Gasteiger partial charge is 0.349 e. The number of rotatable bonds is 1. The van der Waals surface area contributed by atoms with Crippen LogP contribution in [0, 0.1) is 17.8 Å². The van der Waals surface area contributed by atoms with Crippen LogP contribution in [0.5, 0.6) is 0 Å². The summed E-state index contributed by atoms with van der Waals surface area (Å²) in [6.07, 6.45) is 0. The van der Waals surface area contributed by atoms with E-state index >= 15 is 0 Å². The predicted octanol–water partition coefficient (Wildman–Crippen LogP) is 0.977. The Bertz CT molecular complexity index is 145. The van der Waals surface area contributed by atoms with Crippen LogP contribution in [0.1, 0.15) is 13.8 Å². The average molecular weight is 141 g/mol. The van der Waals surface area contributed by atoms with Crippen molar-refractivity contribution in [3.05, 3.63) is 0 Å². The third-order valence-corrected chi connectivity index (χ3v) is 2.55. The summed E-state index contributed by atoms with van der Waals surface area (Å²) in [4.78, 5) is 12.9. The highest BCUT2D eigenvalue weighted by Gasteiger charge is 2.48. The molecule has 0 aromatic rings. The van der Waals surface area contributed by atoms with Gasteiger partial charge in [-0.25, -0.2) is 0 Å². The molecule has 58 valence electrons. The van der Waals surface area contributed by atoms with E-state index in [0.29, 0.717) is 23.7 Å². The molecule has 1 saturated carbocycles. The molecular weight excluding hydrogens is 126 g/mol. The molecule has 1 fully saturated rings. The Hall–Kier alpha value is -0.530. The first kappa shape index (κ1) is 7.58. The molecule has 0 radical (unpaired) electrons. The predicted molar refractivity (Wildman–Crippen MR) is 40.5 cm³/mol. The molecular formula is C8H15NO. The molecule has 0 aromatic carbocycles. The van der Waals surface area contributed by atoms with Crippen molar-refractivity contribution < 1.29 is 4.79 Å². The van der Waals surface area contributed by atoms with Crippen molar-refractivity contribution in [3.63, 3.8) is 0 Å². The average Bonchev–Trinajstić information content (AvgIpc) is 2.40. The van der Waals surface area contributed by atoms with E-state index < -0.39 is 0 Å². The summed E-state index contributed by atoms with van der Waals surface area (Å²) in [6.45, 7) is 4.27. The van der Waals surface area contributed by atoms with Crippen molar-refractivity contribution in [3.8, 4) is 0 Å². The third-order valence-electron chi connectivity index (χ3n) is 2.55. The third kappa shape index (κ3) is 1.02. The highest BCUT2D eigenvalue weighted by molar-refractivity contribution is 5.81. The van der Waals surface area contributed by atoms with Crippen LogP contribution in [-0.4, -0.2) is 24.9 Å². The van der Waals surface area contributed by atoms with Gasteiger partial charge in [0.1, 0.15) is 0 Å². The molecule has 0 heterocycles. The zero-order valence-electron chi connectivity index (χ0n) is 7.09. The second kappa shape index (κ2) is 2.26. The molecule has 1 aliphatic carbocycles. The first-order valence-electron chi connectivity index (χ1n) is 3.77. The summed E-state index contributed by atoms with van der Waals surface area (Å²) in [6, 6.07) is 0. The molecule has 1 amide bonds. The number of carbonyl (C=O) groups excluding carboxylic acids is 1. The van der Waals surface area contributed by atoms with Crippen molar-refractivity contribution in [1.82, 2.24) is 4.90 Å². The van der Waals surface area contributed by atoms with Crippen LogP contribution in [0.15, 0.2) is 0 Å². The van der Waals surface area contributed by atoms with Gasteiger partial charge in [0.15, 0.2) is 0 Å². The standard InChI is InChI=1S/C8H15NO/c1-5-6(2)7(5)8(10)9(3)4/h5-7H,1-4H3. The van der Waals surface area contributed by atoms with Gasteiger partial charge in [-0.3, -0.25) is 4.79 Å². The fourth-order valence-corrected chi connectivity index (χ4v) is 1.41. The van der Waals surface area contributed by atoms with Gasteiger partial charge < -0.3 is 4.90 Å². The van der Waals surface area contributed by atoms with Crippen LogP contribution in [0.2, 0.25) is 0 Å². The van der Waals surface area contributed by atoms with Gasteiger partial charge in [0, 0.05) is 20.0 Å². The number of nitrogens with zero attached hydrogens (tertiary/aromatic N) is 1. The minimum Gasteiger partial charge on any atom is -0.349 e. The maximum Gasteiger partial charge on any atom is 0.225 e. The maximum atomic E-state index is 11.3. The molecule has 10 heavy (non-hydrogen) atoms. The van der Waals surface area contributed by atoms with Crippen LogP contribution >= 0.6 is 0 Å². The zero-order chi connectivity index (χ0) is 7.89. The normalized spacial score (nSPS) is 37.4. The molecule has 2 atom stereocenters. The van der Waals surface area contributed by atoms with Crippen LogP contribution in [0.4, 0.5) is 0 Å². The van der Waals surface area contributed by atoms with Gasteiger partial charge in [0.25, 0.3) is 0 Å². The SMILES string of the molecule is CC1C(C)C1C(=O)N(C)C. The van der Waals surface area contributed by atoms with Crippen molar-refractivity contribution in [2.24, 2.45) is 17.8 Å². The lowest BCUT2D eigenvalue weighted by atomic mass is 10.3. The summed E-state index contributed by atoms with van der Waals surface area (Å²) < 4.78 is 0. The van der Waals surface area contributed by atoms with E-state index in [4.69, 9.17) is 0 Å².